The van der Waals surface area contributed by atoms with Crippen molar-refractivity contribution in [2.45, 2.75) is 12.8 Å². The van der Waals surface area contributed by atoms with Crippen molar-refractivity contribution in [3.05, 3.63) is 58.6 Å². The molecule has 0 radical (unpaired) electrons. The average molecular weight is 357 g/mol. The third-order valence-electron chi connectivity index (χ3n) is 4.51. The standard InChI is InChI=1S/C19H17ClN2O3/c20-15-4-2-1-3-14(15)10-21-22-18(23)13-5-6-16-17(9-13)25-12-19(7-8-19)11-24-16/h1-6,9-10H,7-8,11-12H2,(H,22,23)/b21-10-. The zero-order chi connectivity index (χ0) is 17.3. The van der Waals surface area contributed by atoms with Crippen LogP contribution in [0.4, 0.5) is 0 Å². The van der Waals surface area contributed by atoms with Crippen LogP contribution in [0.3, 0.4) is 0 Å². The minimum absolute atomic E-state index is 0.167. The molecule has 1 saturated carbocycles. The van der Waals surface area contributed by atoms with E-state index in [9.17, 15) is 4.79 Å². The Labute approximate surface area is 150 Å². The van der Waals surface area contributed by atoms with Crippen LogP contribution >= 0.6 is 11.6 Å². The Balaban J connectivity index is 1.44. The van der Waals surface area contributed by atoms with Gasteiger partial charge in [0.25, 0.3) is 5.91 Å². The van der Waals surface area contributed by atoms with Gasteiger partial charge in [-0.1, -0.05) is 29.8 Å². The van der Waals surface area contributed by atoms with Crippen molar-refractivity contribution < 1.29 is 14.3 Å². The molecular formula is C19H17ClN2O3. The number of amides is 1. The maximum Gasteiger partial charge on any atom is 0.271 e. The molecule has 1 heterocycles. The summed E-state index contributed by atoms with van der Waals surface area (Å²) in [7, 11) is 0. The first-order valence-corrected chi connectivity index (χ1v) is 8.51. The molecule has 1 aliphatic carbocycles. The first kappa shape index (κ1) is 16.0. The Morgan fingerprint density at radius 2 is 1.88 bits per heavy atom. The van der Waals surface area contributed by atoms with E-state index in [4.69, 9.17) is 21.1 Å². The number of nitrogens with one attached hydrogen (secondary N) is 1. The van der Waals surface area contributed by atoms with E-state index in [0.717, 1.165) is 18.4 Å². The molecule has 1 aliphatic heterocycles. The van der Waals surface area contributed by atoms with Crippen molar-refractivity contribution in [2.24, 2.45) is 10.5 Å². The number of fused-ring (bicyclic) bond motifs is 1. The van der Waals surface area contributed by atoms with E-state index >= 15 is 0 Å². The Kier molecular flexibility index (Phi) is 4.09. The summed E-state index contributed by atoms with van der Waals surface area (Å²) in [5, 5.41) is 4.54. The largest absolute Gasteiger partial charge is 0.489 e. The van der Waals surface area contributed by atoms with Crippen molar-refractivity contribution in [1.29, 1.82) is 0 Å². The summed E-state index contributed by atoms with van der Waals surface area (Å²) >= 11 is 6.05. The predicted molar refractivity (Wildman–Crippen MR) is 95.6 cm³/mol. The molecule has 2 aliphatic rings. The summed E-state index contributed by atoms with van der Waals surface area (Å²) in [6.07, 6.45) is 3.77. The summed E-state index contributed by atoms with van der Waals surface area (Å²) in [4.78, 5) is 12.3. The van der Waals surface area contributed by atoms with Crippen LogP contribution in [0.25, 0.3) is 0 Å². The van der Waals surface area contributed by atoms with Gasteiger partial charge in [0.05, 0.1) is 19.4 Å². The highest BCUT2D eigenvalue weighted by atomic mass is 35.5. The highest BCUT2D eigenvalue weighted by Crippen LogP contribution is 2.49. The molecule has 0 unspecified atom stereocenters. The molecule has 0 bridgehead atoms. The van der Waals surface area contributed by atoms with E-state index in [-0.39, 0.29) is 11.3 Å². The minimum atomic E-state index is -0.319. The van der Waals surface area contributed by atoms with Gasteiger partial charge in [-0.15, -0.1) is 0 Å². The van der Waals surface area contributed by atoms with E-state index in [1.807, 2.05) is 18.2 Å². The summed E-state index contributed by atoms with van der Waals surface area (Å²) < 4.78 is 11.7. The van der Waals surface area contributed by atoms with Gasteiger partial charge < -0.3 is 9.47 Å². The first-order chi connectivity index (χ1) is 12.2. The lowest BCUT2D eigenvalue weighted by atomic mass is 10.1. The molecule has 1 N–H and O–H groups in total. The van der Waals surface area contributed by atoms with Gasteiger partial charge in [-0.3, -0.25) is 4.79 Å². The van der Waals surface area contributed by atoms with Gasteiger partial charge in [0.1, 0.15) is 0 Å². The Hall–Kier alpha value is -2.53. The molecular weight excluding hydrogens is 340 g/mol. The van der Waals surface area contributed by atoms with Gasteiger partial charge in [0.15, 0.2) is 11.5 Å². The molecule has 2 aromatic carbocycles. The SMILES string of the molecule is O=C(N/N=C\c1ccccc1Cl)c1ccc2c(c1)OCC1(CC1)CO2. The van der Waals surface area contributed by atoms with Crippen LogP contribution < -0.4 is 14.9 Å². The topological polar surface area (TPSA) is 59.9 Å². The molecule has 0 aromatic heterocycles. The molecule has 5 nitrogen and oxygen atoms in total. The number of ether oxygens (including phenoxy) is 2. The molecule has 2 aromatic rings. The van der Waals surface area contributed by atoms with Crippen LogP contribution in [0.15, 0.2) is 47.6 Å². The number of benzene rings is 2. The molecule has 0 atom stereocenters. The summed E-state index contributed by atoms with van der Waals surface area (Å²) in [5.74, 6) is 0.964. The number of carbonyl (C=O) groups excluding carboxylic acids is 1. The highest BCUT2D eigenvalue weighted by molar-refractivity contribution is 6.33. The fourth-order valence-corrected chi connectivity index (χ4v) is 2.84. The lowest BCUT2D eigenvalue weighted by molar-refractivity contribution is 0.0954. The van der Waals surface area contributed by atoms with Crippen molar-refractivity contribution in [2.75, 3.05) is 13.2 Å². The van der Waals surface area contributed by atoms with Crippen LogP contribution in [0, 0.1) is 5.41 Å². The maximum atomic E-state index is 12.3. The van der Waals surface area contributed by atoms with Crippen LogP contribution in [-0.4, -0.2) is 25.3 Å². The molecule has 6 heteroatoms. The molecule has 0 saturated heterocycles. The second kappa shape index (κ2) is 6.41. The van der Waals surface area contributed by atoms with Crippen molar-refractivity contribution in [1.82, 2.24) is 5.43 Å². The molecule has 4 rings (SSSR count). The van der Waals surface area contributed by atoms with E-state index < -0.39 is 0 Å². The number of rotatable bonds is 3. The van der Waals surface area contributed by atoms with E-state index in [2.05, 4.69) is 10.5 Å². The maximum absolute atomic E-state index is 12.3. The fraction of sp³-hybridized carbons (Fsp3) is 0.263. The Morgan fingerprint density at radius 3 is 2.64 bits per heavy atom. The van der Waals surface area contributed by atoms with Crippen molar-refractivity contribution >= 4 is 23.7 Å². The number of halogens is 1. The van der Waals surface area contributed by atoms with Crippen LogP contribution in [0.2, 0.25) is 5.02 Å². The number of hydrogen-bond acceptors (Lipinski definition) is 4. The van der Waals surface area contributed by atoms with Crippen molar-refractivity contribution in [3.8, 4) is 11.5 Å². The first-order valence-electron chi connectivity index (χ1n) is 8.13. The zero-order valence-corrected chi connectivity index (χ0v) is 14.3. The van der Waals surface area contributed by atoms with E-state index in [1.165, 1.54) is 6.21 Å². The third-order valence-corrected chi connectivity index (χ3v) is 4.85. The lowest BCUT2D eigenvalue weighted by Crippen LogP contribution is -2.18. The Bertz CT molecular complexity index is 846. The minimum Gasteiger partial charge on any atom is -0.489 e. The van der Waals surface area contributed by atoms with Gasteiger partial charge in [-0.25, -0.2) is 5.43 Å². The monoisotopic (exact) mass is 356 g/mol. The highest BCUT2D eigenvalue weighted by Gasteiger charge is 2.46. The Morgan fingerprint density at radius 1 is 1.12 bits per heavy atom. The fourth-order valence-electron chi connectivity index (χ4n) is 2.65. The van der Waals surface area contributed by atoms with Gasteiger partial charge in [0, 0.05) is 21.6 Å². The zero-order valence-electron chi connectivity index (χ0n) is 13.5. The number of hydrogen-bond donors (Lipinski definition) is 1. The number of nitrogens with zero attached hydrogens (tertiary/aromatic N) is 1. The normalized spacial score (nSPS) is 17.3. The van der Waals surface area contributed by atoms with Crippen LogP contribution in [0.5, 0.6) is 11.5 Å². The summed E-state index contributed by atoms with van der Waals surface area (Å²) in [5.41, 5.74) is 3.87. The van der Waals surface area contributed by atoms with Gasteiger partial charge in [0.2, 0.25) is 0 Å². The summed E-state index contributed by atoms with van der Waals surface area (Å²) in [6.45, 7) is 1.31. The average Bonchev–Trinajstić information content (AvgIpc) is 3.43. The molecule has 1 fully saturated rings. The number of hydrazone groups is 1. The van der Waals surface area contributed by atoms with Crippen LogP contribution in [0.1, 0.15) is 28.8 Å². The predicted octanol–water partition coefficient (Wildman–Crippen LogP) is 3.66. The lowest BCUT2D eigenvalue weighted by Gasteiger charge is -2.09. The molecule has 128 valence electrons. The summed E-state index contributed by atoms with van der Waals surface area (Å²) in [6, 6.07) is 12.4. The van der Waals surface area contributed by atoms with Gasteiger partial charge >= 0.3 is 0 Å². The molecule has 1 amide bonds. The van der Waals surface area contributed by atoms with Crippen LogP contribution in [-0.2, 0) is 0 Å². The quantitative estimate of drug-likeness (QED) is 0.674. The number of carbonyl (C=O) groups is 1. The molecule has 1 spiro atoms. The second-order valence-corrected chi connectivity index (χ2v) is 6.87. The smallest absolute Gasteiger partial charge is 0.271 e. The molecule has 25 heavy (non-hydrogen) atoms. The second-order valence-electron chi connectivity index (χ2n) is 6.46. The van der Waals surface area contributed by atoms with Gasteiger partial charge in [-0.05, 0) is 37.1 Å². The van der Waals surface area contributed by atoms with E-state index in [0.29, 0.717) is 35.3 Å². The van der Waals surface area contributed by atoms with Crippen molar-refractivity contribution in [3.63, 3.8) is 0 Å². The third kappa shape index (κ3) is 3.46. The van der Waals surface area contributed by atoms with E-state index in [1.54, 1.807) is 24.3 Å². The van der Waals surface area contributed by atoms with Gasteiger partial charge in [-0.2, -0.15) is 5.10 Å².